The van der Waals surface area contributed by atoms with Crippen molar-refractivity contribution in [1.82, 2.24) is 9.97 Å². The molecule has 0 aliphatic carbocycles. The summed E-state index contributed by atoms with van der Waals surface area (Å²) in [6.07, 6.45) is 2.45. The Hall–Kier alpha value is -3.79. The molecule has 0 atom stereocenters. The van der Waals surface area contributed by atoms with E-state index in [4.69, 9.17) is 14.2 Å². The first-order valence-electron chi connectivity index (χ1n) is 9.11. The second-order valence-corrected chi connectivity index (χ2v) is 6.20. The van der Waals surface area contributed by atoms with E-state index in [0.29, 0.717) is 40.3 Å². The number of benzene rings is 2. The molecule has 2 aromatic carbocycles. The fourth-order valence-corrected chi connectivity index (χ4v) is 2.86. The maximum Gasteiger partial charge on any atom is 0.259 e. The van der Waals surface area contributed by atoms with Crippen molar-refractivity contribution >= 4 is 22.6 Å². The van der Waals surface area contributed by atoms with Gasteiger partial charge in [0, 0.05) is 0 Å². The minimum Gasteiger partial charge on any atom is -0.493 e. The van der Waals surface area contributed by atoms with Gasteiger partial charge in [0.05, 0.1) is 37.3 Å². The number of nitrogens with one attached hydrogen (secondary N) is 1. The van der Waals surface area contributed by atoms with Crippen molar-refractivity contribution in [2.24, 2.45) is 0 Å². The number of nitriles is 1. The molecule has 0 spiro atoms. The number of H-pyrrole nitrogens is 1. The topological polar surface area (TPSA) is 97.2 Å². The third-order valence-electron chi connectivity index (χ3n) is 4.23. The SMILES string of the molecule is CCCOc1c(OC)cc(/C=C(/C#N)c2nc3ccccc3c(=O)[nH]2)cc1OC. The maximum absolute atomic E-state index is 12.3. The molecule has 0 unspecified atom stereocenters. The Morgan fingerprint density at radius 3 is 2.52 bits per heavy atom. The molecule has 0 bridgehead atoms. The average molecular weight is 391 g/mol. The van der Waals surface area contributed by atoms with Gasteiger partial charge in [-0.3, -0.25) is 4.79 Å². The second-order valence-electron chi connectivity index (χ2n) is 6.20. The summed E-state index contributed by atoms with van der Waals surface area (Å²) in [5.41, 5.74) is 1.07. The lowest BCUT2D eigenvalue weighted by atomic mass is 10.1. The van der Waals surface area contributed by atoms with Gasteiger partial charge in [0.15, 0.2) is 17.3 Å². The first kappa shape index (κ1) is 20.0. The van der Waals surface area contributed by atoms with Crippen LogP contribution in [0.15, 0.2) is 41.2 Å². The summed E-state index contributed by atoms with van der Waals surface area (Å²) >= 11 is 0. The summed E-state index contributed by atoms with van der Waals surface area (Å²) in [6, 6.07) is 12.6. The minimum absolute atomic E-state index is 0.195. The molecule has 148 valence electrons. The normalized spacial score (nSPS) is 11.2. The van der Waals surface area contributed by atoms with Gasteiger partial charge in [0.25, 0.3) is 5.56 Å². The van der Waals surface area contributed by atoms with Gasteiger partial charge in [-0.05, 0) is 42.3 Å². The molecule has 0 amide bonds. The lowest BCUT2D eigenvalue weighted by Crippen LogP contribution is -2.11. The zero-order valence-electron chi connectivity index (χ0n) is 16.5. The first-order valence-corrected chi connectivity index (χ1v) is 9.11. The Morgan fingerprint density at radius 2 is 1.90 bits per heavy atom. The smallest absolute Gasteiger partial charge is 0.259 e. The Bertz CT molecular complexity index is 1130. The molecule has 29 heavy (non-hydrogen) atoms. The van der Waals surface area contributed by atoms with Crippen LogP contribution < -0.4 is 19.8 Å². The molecular weight excluding hydrogens is 370 g/mol. The van der Waals surface area contributed by atoms with Crippen molar-refractivity contribution in [2.75, 3.05) is 20.8 Å². The highest BCUT2D eigenvalue weighted by Crippen LogP contribution is 2.39. The van der Waals surface area contributed by atoms with Crippen LogP contribution in [0.1, 0.15) is 24.7 Å². The van der Waals surface area contributed by atoms with Gasteiger partial charge in [-0.1, -0.05) is 19.1 Å². The number of rotatable bonds is 7. The number of aromatic nitrogens is 2. The molecule has 7 nitrogen and oxygen atoms in total. The van der Waals surface area contributed by atoms with E-state index in [2.05, 4.69) is 16.0 Å². The Labute approximate surface area is 168 Å². The molecule has 0 fully saturated rings. The quantitative estimate of drug-likeness (QED) is 0.616. The Kier molecular flexibility index (Phi) is 6.15. The van der Waals surface area contributed by atoms with E-state index in [1.165, 1.54) is 14.2 Å². The van der Waals surface area contributed by atoms with Gasteiger partial charge in [0.2, 0.25) is 5.75 Å². The van der Waals surface area contributed by atoms with Crippen molar-refractivity contribution in [3.8, 4) is 23.3 Å². The van der Waals surface area contributed by atoms with Gasteiger partial charge in [0.1, 0.15) is 6.07 Å². The fraction of sp³-hybridized carbons (Fsp3) is 0.227. The van der Waals surface area contributed by atoms with Crippen molar-refractivity contribution < 1.29 is 14.2 Å². The van der Waals surface area contributed by atoms with Crippen LogP contribution in [0.4, 0.5) is 0 Å². The number of para-hydroxylation sites is 1. The molecule has 7 heteroatoms. The number of fused-ring (bicyclic) bond motifs is 1. The molecule has 0 aliphatic heterocycles. The van der Waals surface area contributed by atoms with Crippen LogP contribution >= 0.6 is 0 Å². The summed E-state index contributed by atoms with van der Waals surface area (Å²) in [6.45, 7) is 2.53. The largest absolute Gasteiger partial charge is 0.493 e. The highest BCUT2D eigenvalue weighted by molar-refractivity contribution is 5.89. The summed E-state index contributed by atoms with van der Waals surface area (Å²) in [7, 11) is 3.07. The van der Waals surface area contributed by atoms with Crippen LogP contribution in [0, 0.1) is 11.3 Å². The predicted octanol–water partition coefficient (Wildman–Crippen LogP) is 3.79. The molecule has 0 aliphatic rings. The molecule has 0 radical (unpaired) electrons. The zero-order valence-corrected chi connectivity index (χ0v) is 16.5. The van der Waals surface area contributed by atoms with E-state index in [1.54, 1.807) is 42.5 Å². The van der Waals surface area contributed by atoms with Crippen LogP contribution in [-0.2, 0) is 0 Å². The second kappa shape index (κ2) is 8.93. The standard InChI is InChI=1S/C22H21N3O4/c1-4-9-29-20-18(27-2)11-14(12-19(20)28-3)10-15(13-23)21-24-17-8-6-5-7-16(17)22(26)25-21/h5-8,10-12H,4,9H2,1-3H3,(H,24,25,26)/b15-10-. The number of hydrogen-bond acceptors (Lipinski definition) is 6. The summed E-state index contributed by atoms with van der Waals surface area (Å²) in [5.74, 6) is 1.67. The highest BCUT2D eigenvalue weighted by Gasteiger charge is 2.15. The van der Waals surface area contributed by atoms with Crippen molar-refractivity contribution in [3.63, 3.8) is 0 Å². The highest BCUT2D eigenvalue weighted by atomic mass is 16.5. The molecular formula is C22H21N3O4. The Morgan fingerprint density at radius 1 is 1.21 bits per heavy atom. The van der Waals surface area contributed by atoms with Crippen LogP contribution in [0.5, 0.6) is 17.2 Å². The monoisotopic (exact) mass is 391 g/mol. The number of nitrogens with zero attached hydrogens (tertiary/aromatic N) is 2. The van der Waals surface area contributed by atoms with Crippen molar-refractivity contribution in [3.05, 3.63) is 58.1 Å². The number of methoxy groups -OCH3 is 2. The van der Waals surface area contributed by atoms with E-state index < -0.39 is 0 Å². The van der Waals surface area contributed by atoms with Gasteiger partial charge < -0.3 is 19.2 Å². The summed E-state index contributed by atoms with van der Waals surface area (Å²) in [5, 5.41) is 10.1. The molecule has 1 N–H and O–H groups in total. The van der Waals surface area contributed by atoms with E-state index in [1.807, 2.05) is 6.92 Å². The van der Waals surface area contributed by atoms with Crippen LogP contribution in [0.3, 0.4) is 0 Å². The molecule has 3 rings (SSSR count). The van der Waals surface area contributed by atoms with Gasteiger partial charge in [-0.2, -0.15) is 5.26 Å². The molecule has 0 saturated carbocycles. The molecule has 3 aromatic rings. The summed E-state index contributed by atoms with van der Waals surface area (Å²) < 4.78 is 16.6. The lowest BCUT2D eigenvalue weighted by molar-refractivity contribution is 0.275. The van der Waals surface area contributed by atoms with Crippen molar-refractivity contribution in [1.29, 1.82) is 5.26 Å². The predicted molar refractivity (Wildman–Crippen MR) is 111 cm³/mol. The van der Waals surface area contributed by atoms with Crippen LogP contribution in [0.25, 0.3) is 22.6 Å². The average Bonchev–Trinajstić information content (AvgIpc) is 2.75. The van der Waals surface area contributed by atoms with E-state index in [0.717, 1.165) is 6.42 Å². The lowest BCUT2D eigenvalue weighted by Gasteiger charge is -2.15. The fourth-order valence-electron chi connectivity index (χ4n) is 2.86. The van der Waals surface area contributed by atoms with Gasteiger partial charge in [-0.25, -0.2) is 4.98 Å². The first-order chi connectivity index (χ1) is 14.1. The summed E-state index contributed by atoms with van der Waals surface area (Å²) in [4.78, 5) is 19.4. The molecule has 1 aromatic heterocycles. The maximum atomic E-state index is 12.3. The van der Waals surface area contributed by atoms with E-state index >= 15 is 0 Å². The van der Waals surface area contributed by atoms with Gasteiger partial charge >= 0.3 is 0 Å². The van der Waals surface area contributed by atoms with E-state index in [-0.39, 0.29) is 17.0 Å². The van der Waals surface area contributed by atoms with Gasteiger partial charge in [-0.15, -0.1) is 0 Å². The molecule has 0 saturated heterocycles. The third kappa shape index (κ3) is 4.22. The zero-order chi connectivity index (χ0) is 20.8. The van der Waals surface area contributed by atoms with Crippen molar-refractivity contribution in [2.45, 2.75) is 13.3 Å². The minimum atomic E-state index is -0.301. The number of hydrogen-bond donors (Lipinski definition) is 1. The number of aromatic amines is 1. The number of allylic oxidation sites excluding steroid dienone is 1. The Balaban J connectivity index is 2.10. The van der Waals surface area contributed by atoms with Crippen LogP contribution in [0.2, 0.25) is 0 Å². The third-order valence-corrected chi connectivity index (χ3v) is 4.23. The van der Waals surface area contributed by atoms with E-state index in [9.17, 15) is 10.1 Å². The molecule has 1 heterocycles. The number of ether oxygens (including phenoxy) is 3. The van der Waals surface area contributed by atoms with Crippen LogP contribution in [-0.4, -0.2) is 30.8 Å².